The molecule has 0 atom stereocenters. The average Bonchev–Trinajstić information content (AvgIpc) is 3.16. The molecule has 0 radical (unpaired) electrons. The molecule has 2 N–H and O–H groups in total. The molecule has 1 saturated carbocycles. The number of nitrogens with zero attached hydrogens (tertiary/aromatic N) is 4. The standard InChI is InChI=1S/C25H31F3N6O2/c1-16-6-8-18(9-7-16)34-21-20(15-29-22(32-21)33-24(2)10-12-35-13-11-24)31-23(34)30-17-4-3-5-19(14-17)36-25(26,27)28/h3-5,14-16,18H,6-13H2,1-2H3,(H,30,31)(H,29,32,33). The van der Waals surface area contributed by atoms with Gasteiger partial charge in [0.25, 0.3) is 0 Å². The van der Waals surface area contributed by atoms with Crippen molar-refractivity contribution in [3.8, 4) is 5.75 Å². The highest BCUT2D eigenvalue weighted by Crippen LogP contribution is 2.37. The number of alkyl halides is 3. The van der Waals surface area contributed by atoms with E-state index in [0.29, 0.717) is 47.9 Å². The van der Waals surface area contributed by atoms with Crippen LogP contribution in [0.1, 0.15) is 58.4 Å². The predicted octanol–water partition coefficient (Wildman–Crippen LogP) is 6.20. The summed E-state index contributed by atoms with van der Waals surface area (Å²) >= 11 is 0. The smallest absolute Gasteiger partial charge is 0.406 e. The molecule has 1 aliphatic carbocycles. The monoisotopic (exact) mass is 504 g/mol. The Morgan fingerprint density at radius 2 is 1.86 bits per heavy atom. The van der Waals surface area contributed by atoms with Crippen LogP contribution in [0.4, 0.5) is 30.8 Å². The first kappa shape index (κ1) is 24.6. The topological polar surface area (TPSA) is 86.1 Å². The largest absolute Gasteiger partial charge is 0.573 e. The number of benzene rings is 1. The minimum Gasteiger partial charge on any atom is -0.406 e. The molecule has 2 aliphatic rings. The second-order valence-corrected chi connectivity index (χ2v) is 10.1. The van der Waals surface area contributed by atoms with Crippen LogP contribution in [0, 0.1) is 5.92 Å². The fourth-order valence-corrected chi connectivity index (χ4v) is 5.00. The van der Waals surface area contributed by atoms with Gasteiger partial charge in [0, 0.05) is 36.5 Å². The van der Waals surface area contributed by atoms with E-state index in [1.54, 1.807) is 12.3 Å². The fraction of sp³-hybridized carbons (Fsp3) is 0.560. The van der Waals surface area contributed by atoms with Gasteiger partial charge in [-0.2, -0.15) is 4.98 Å². The van der Waals surface area contributed by atoms with Gasteiger partial charge in [0.05, 0.1) is 6.20 Å². The summed E-state index contributed by atoms with van der Waals surface area (Å²) in [7, 11) is 0. The third kappa shape index (κ3) is 5.66. The molecule has 5 rings (SSSR count). The summed E-state index contributed by atoms with van der Waals surface area (Å²) in [6, 6.07) is 5.94. The zero-order chi connectivity index (χ0) is 25.3. The molecule has 2 aromatic heterocycles. The minimum absolute atomic E-state index is 0.156. The number of hydrogen-bond acceptors (Lipinski definition) is 7. The van der Waals surface area contributed by atoms with Gasteiger partial charge in [-0.05, 0) is 63.5 Å². The number of fused-ring (bicyclic) bond motifs is 1. The molecule has 1 aromatic carbocycles. The Balaban J connectivity index is 1.49. The van der Waals surface area contributed by atoms with E-state index in [4.69, 9.17) is 14.7 Å². The number of anilines is 3. The van der Waals surface area contributed by atoms with Crippen molar-refractivity contribution in [3.63, 3.8) is 0 Å². The zero-order valence-corrected chi connectivity index (χ0v) is 20.4. The molecular weight excluding hydrogens is 473 g/mol. The van der Waals surface area contributed by atoms with Gasteiger partial charge in [-0.1, -0.05) is 13.0 Å². The quantitative estimate of drug-likeness (QED) is 0.413. The number of nitrogens with one attached hydrogen (secondary N) is 2. The van der Waals surface area contributed by atoms with E-state index < -0.39 is 6.36 Å². The maximum atomic E-state index is 12.7. The van der Waals surface area contributed by atoms with Crippen LogP contribution < -0.4 is 15.4 Å². The summed E-state index contributed by atoms with van der Waals surface area (Å²) in [6.45, 7) is 5.78. The molecule has 0 spiro atoms. The molecule has 0 amide bonds. The fourth-order valence-electron chi connectivity index (χ4n) is 5.00. The van der Waals surface area contributed by atoms with Crippen molar-refractivity contribution in [2.24, 2.45) is 5.92 Å². The number of ether oxygens (including phenoxy) is 2. The summed E-state index contributed by atoms with van der Waals surface area (Å²) in [6.07, 6.45) is 2.78. The van der Waals surface area contributed by atoms with Crippen LogP contribution >= 0.6 is 0 Å². The van der Waals surface area contributed by atoms with Crippen LogP contribution in [0.25, 0.3) is 11.2 Å². The molecule has 194 valence electrons. The van der Waals surface area contributed by atoms with Crippen LogP contribution in [0.15, 0.2) is 30.5 Å². The highest BCUT2D eigenvalue weighted by Gasteiger charge is 2.32. The highest BCUT2D eigenvalue weighted by molar-refractivity contribution is 5.76. The van der Waals surface area contributed by atoms with Gasteiger partial charge in [0.1, 0.15) is 11.3 Å². The predicted molar refractivity (Wildman–Crippen MR) is 130 cm³/mol. The lowest BCUT2D eigenvalue weighted by molar-refractivity contribution is -0.274. The molecule has 0 bridgehead atoms. The van der Waals surface area contributed by atoms with Crippen LogP contribution in [-0.4, -0.2) is 44.6 Å². The van der Waals surface area contributed by atoms with E-state index in [9.17, 15) is 13.2 Å². The summed E-state index contributed by atoms with van der Waals surface area (Å²) in [5.41, 5.74) is 1.62. The molecule has 2 fully saturated rings. The Kier molecular flexibility index (Phi) is 6.67. The Morgan fingerprint density at radius 1 is 1.11 bits per heavy atom. The van der Waals surface area contributed by atoms with Crippen LogP contribution in [0.3, 0.4) is 0 Å². The van der Waals surface area contributed by atoms with Crippen molar-refractivity contribution < 1.29 is 22.6 Å². The number of halogens is 3. The normalized spacial score (nSPS) is 22.4. The van der Waals surface area contributed by atoms with E-state index in [-0.39, 0.29) is 17.3 Å². The lowest BCUT2D eigenvalue weighted by Gasteiger charge is -2.34. The first-order valence-electron chi connectivity index (χ1n) is 12.4. The van der Waals surface area contributed by atoms with Gasteiger partial charge in [-0.15, -0.1) is 13.2 Å². The van der Waals surface area contributed by atoms with Gasteiger partial charge in [-0.25, -0.2) is 9.97 Å². The van der Waals surface area contributed by atoms with E-state index in [1.165, 1.54) is 18.2 Å². The second kappa shape index (κ2) is 9.76. The third-order valence-electron chi connectivity index (χ3n) is 7.12. The lowest BCUT2D eigenvalue weighted by atomic mass is 9.87. The first-order valence-corrected chi connectivity index (χ1v) is 12.4. The molecule has 1 aliphatic heterocycles. The van der Waals surface area contributed by atoms with E-state index in [1.807, 2.05) is 0 Å². The average molecular weight is 505 g/mol. The number of imidazole rings is 1. The van der Waals surface area contributed by atoms with E-state index in [2.05, 4.69) is 38.8 Å². The Hall–Kier alpha value is -3.08. The molecule has 1 saturated heterocycles. The molecule has 3 heterocycles. The van der Waals surface area contributed by atoms with Crippen molar-refractivity contribution in [3.05, 3.63) is 30.5 Å². The molecule has 36 heavy (non-hydrogen) atoms. The molecule has 0 unspecified atom stereocenters. The second-order valence-electron chi connectivity index (χ2n) is 10.1. The summed E-state index contributed by atoms with van der Waals surface area (Å²) in [4.78, 5) is 14.1. The van der Waals surface area contributed by atoms with E-state index >= 15 is 0 Å². The van der Waals surface area contributed by atoms with Crippen LogP contribution in [0.2, 0.25) is 0 Å². The number of rotatable bonds is 6. The van der Waals surface area contributed by atoms with Crippen molar-refractivity contribution in [2.75, 3.05) is 23.8 Å². The third-order valence-corrected chi connectivity index (χ3v) is 7.12. The van der Waals surface area contributed by atoms with Crippen molar-refractivity contribution in [1.82, 2.24) is 19.5 Å². The van der Waals surface area contributed by atoms with Gasteiger partial charge < -0.3 is 20.1 Å². The Bertz CT molecular complexity index is 1200. The van der Waals surface area contributed by atoms with Crippen LogP contribution in [-0.2, 0) is 4.74 Å². The first-order chi connectivity index (χ1) is 17.2. The van der Waals surface area contributed by atoms with Crippen molar-refractivity contribution in [2.45, 2.75) is 70.3 Å². The van der Waals surface area contributed by atoms with Gasteiger partial charge in [-0.3, -0.25) is 4.57 Å². The minimum atomic E-state index is -4.76. The molecule has 8 nitrogen and oxygen atoms in total. The maximum Gasteiger partial charge on any atom is 0.573 e. The zero-order valence-electron chi connectivity index (χ0n) is 20.4. The summed E-state index contributed by atoms with van der Waals surface area (Å²) < 4.78 is 49.8. The highest BCUT2D eigenvalue weighted by atomic mass is 19.4. The molecule has 3 aromatic rings. The molecule has 11 heteroatoms. The molecular formula is C25H31F3N6O2. The van der Waals surface area contributed by atoms with Crippen LogP contribution in [0.5, 0.6) is 5.75 Å². The Morgan fingerprint density at radius 3 is 2.58 bits per heavy atom. The summed E-state index contributed by atoms with van der Waals surface area (Å²) in [5.74, 6) is 1.42. The van der Waals surface area contributed by atoms with Gasteiger partial charge in [0.15, 0.2) is 5.65 Å². The Labute approximate surface area is 207 Å². The SMILES string of the molecule is CC1CCC(n2c(Nc3cccc(OC(F)(F)F)c3)nc3cnc(NC4(C)CCOCC4)nc32)CC1. The van der Waals surface area contributed by atoms with Crippen molar-refractivity contribution in [1.29, 1.82) is 0 Å². The summed E-state index contributed by atoms with van der Waals surface area (Å²) in [5, 5.41) is 6.69. The number of hydrogen-bond donors (Lipinski definition) is 2. The van der Waals surface area contributed by atoms with Gasteiger partial charge in [0.2, 0.25) is 11.9 Å². The van der Waals surface area contributed by atoms with E-state index in [0.717, 1.165) is 38.5 Å². The number of aromatic nitrogens is 4. The maximum absolute atomic E-state index is 12.7. The van der Waals surface area contributed by atoms with Crippen molar-refractivity contribution >= 4 is 28.7 Å². The lowest BCUT2D eigenvalue weighted by Crippen LogP contribution is -2.41. The van der Waals surface area contributed by atoms with Gasteiger partial charge >= 0.3 is 6.36 Å².